The number of amides is 2. The Bertz CT molecular complexity index is 5060. The summed E-state index contributed by atoms with van der Waals surface area (Å²) < 4.78 is 114. The third kappa shape index (κ3) is 34.6. The normalized spacial score (nSPS) is 10.7. The van der Waals surface area contributed by atoms with Crippen molar-refractivity contribution < 1.29 is 104 Å². The Hall–Kier alpha value is -10.9. The molecule has 131 heavy (non-hydrogen) atoms. The van der Waals surface area contributed by atoms with Gasteiger partial charge in [0.25, 0.3) is 11.8 Å². The average Bonchev–Trinajstić information content (AvgIpc) is 0.815. The molecule has 2 N–H and O–H groups in total. The second kappa shape index (κ2) is 54.8. The molecule has 4 nitrogen and oxygen atoms in total. The van der Waals surface area contributed by atoms with Crippen LogP contribution in [0.5, 0.6) is 0 Å². The molecule has 16 rings (SSSR count). The fourth-order valence-corrected chi connectivity index (χ4v) is 36.9. The van der Waals surface area contributed by atoms with Crippen molar-refractivity contribution in [3.05, 3.63) is 507 Å². The van der Waals surface area contributed by atoms with Gasteiger partial charge in [-0.15, -0.1) is 35.4 Å². The molecule has 0 saturated carbocycles. The first-order chi connectivity index (χ1) is 62.0. The first-order valence-electron chi connectivity index (χ1n) is 40.8. The maximum atomic E-state index is 12.4. The van der Waals surface area contributed by atoms with Gasteiger partial charge in [0.2, 0.25) is 0 Å². The van der Waals surface area contributed by atoms with Crippen molar-refractivity contribution in [2.75, 3.05) is 28.3 Å². The molecule has 0 aliphatic carbocycles. The second-order valence-corrected chi connectivity index (χ2v) is 45.7. The standard InChI is InChI=1S/3C25H22P2.2C16H9F3NO.BF4.3Cu/c3*1-5-13-22(14-6-1)26(23-15-7-2-8-16-23)21-27(24-17-9-3-10-18-24)25-19-11-4-12-20-25;2*1-2-11-3-9-14(10-4-11)20-15(21)12-5-7-13(8-6-12)16(17,18)19;2-1(3,4)5;;;/h3*1-20H,21H2;2*3-10H,(H,20,21);;;;/q;;;3*-1;3*+1/p+6. The summed E-state index contributed by atoms with van der Waals surface area (Å²) in [5.74, 6) is 7.11. The van der Waals surface area contributed by atoms with E-state index in [1.165, 1.54) is 81.4 Å². The van der Waals surface area contributed by atoms with E-state index in [9.17, 15) is 53.2 Å². The first-order valence-corrected chi connectivity index (χ1v) is 51.0. The van der Waals surface area contributed by atoms with Crippen LogP contribution in [0, 0.1) is 24.7 Å². The molecule has 0 aliphatic heterocycles. The predicted octanol–water partition coefficient (Wildman–Crippen LogP) is 23.1. The molecule has 0 aliphatic rings. The zero-order chi connectivity index (χ0) is 90.4. The number of carbonyl (C=O) groups is 2. The Labute approximate surface area is 799 Å². The fraction of sp³-hybridized carbons (Fsp3) is 0.0467. The summed E-state index contributed by atoms with van der Waals surface area (Å²) in [7, 11) is -11.1. The van der Waals surface area contributed by atoms with Gasteiger partial charge < -0.3 is 40.7 Å². The molecule has 0 saturated heterocycles. The Morgan fingerprint density at radius 2 is 0.374 bits per heavy atom. The van der Waals surface area contributed by atoms with E-state index in [0.717, 1.165) is 48.5 Å². The molecule has 0 atom stereocenters. The van der Waals surface area contributed by atoms with Crippen molar-refractivity contribution in [2.45, 2.75) is 12.4 Å². The molecule has 0 bridgehead atoms. The van der Waals surface area contributed by atoms with Gasteiger partial charge in [-0.2, -0.15) is 26.3 Å². The Kier molecular flexibility index (Phi) is 44.1. The van der Waals surface area contributed by atoms with Crippen LogP contribution in [0.3, 0.4) is 0 Å². The summed E-state index contributed by atoms with van der Waals surface area (Å²) in [5.41, 5.74) is 0.745. The minimum Gasteiger partial charge on any atom is -0.418 e. The number of carbonyl (C=O) groups excluding carboxylic acids is 2. The molecule has 0 aromatic heterocycles. The minimum atomic E-state index is -6.00. The van der Waals surface area contributed by atoms with Crippen LogP contribution in [0.2, 0.25) is 0 Å². The molecule has 0 fully saturated rings. The summed E-state index contributed by atoms with van der Waals surface area (Å²) in [5, 5.41) is 23.2. The Balaban J connectivity index is 0.000000199. The van der Waals surface area contributed by atoms with Crippen molar-refractivity contribution in [3.63, 3.8) is 0 Å². The maximum absolute atomic E-state index is 12.4. The van der Waals surface area contributed by atoms with E-state index in [0.29, 0.717) is 22.5 Å². The van der Waals surface area contributed by atoms with Gasteiger partial charge in [-0.1, -0.05) is 243 Å². The quantitative estimate of drug-likeness (QED) is 0.0234. The van der Waals surface area contributed by atoms with Crippen LogP contribution >= 0.6 is 47.5 Å². The van der Waals surface area contributed by atoms with Crippen LogP contribution in [-0.2, 0) is 63.6 Å². The van der Waals surface area contributed by atoms with E-state index in [2.05, 4.69) is 386 Å². The number of anilines is 2. The molecule has 0 unspecified atom stereocenters. The van der Waals surface area contributed by atoms with Gasteiger partial charge in [0.05, 0.1) is 11.1 Å². The number of halogens is 10. The number of alkyl halides is 6. The number of nitrogens with one attached hydrogen (secondary N) is 2. The van der Waals surface area contributed by atoms with Gasteiger partial charge in [-0.25, -0.2) is 0 Å². The average molecular weight is 2010 g/mol. The van der Waals surface area contributed by atoms with Crippen molar-refractivity contribution in [1.29, 1.82) is 0 Å². The Morgan fingerprint density at radius 3 is 0.496 bits per heavy atom. The van der Waals surface area contributed by atoms with Crippen LogP contribution in [0.25, 0.3) is 0 Å². The van der Waals surface area contributed by atoms with Gasteiger partial charge in [0, 0.05) is 22.5 Å². The molecule has 0 radical (unpaired) electrons. The molecular weight excluding hydrogens is 1920 g/mol. The number of hydrogen-bond donors (Lipinski definition) is 2. The van der Waals surface area contributed by atoms with Crippen molar-refractivity contribution in [3.8, 4) is 11.8 Å². The molecule has 0 spiro atoms. The molecular formula is C107H90BCu3F10N2O2P6+6. The zero-order valence-corrected chi connectivity index (χ0v) is 78.9. The largest absolute Gasteiger partial charge is 1.00 e. The summed E-state index contributed by atoms with van der Waals surface area (Å²) in [6.45, 7) is 0. The second-order valence-electron chi connectivity index (χ2n) is 28.8. The summed E-state index contributed by atoms with van der Waals surface area (Å²) >= 11 is 0. The van der Waals surface area contributed by atoms with Gasteiger partial charge in [0.1, 0.15) is 111 Å². The fourth-order valence-electron chi connectivity index (χ4n) is 13.7. The first kappa shape index (κ1) is 105. The van der Waals surface area contributed by atoms with Crippen LogP contribution in [0.15, 0.2) is 461 Å². The molecule has 2 amide bonds. The Morgan fingerprint density at radius 1 is 0.237 bits per heavy atom. The van der Waals surface area contributed by atoms with E-state index in [-0.39, 0.29) is 62.3 Å². The van der Waals surface area contributed by atoms with Crippen molar-refractivity contribution >= 4 is 142 Å². The van der Waals surface area contributed by atoms with E-state index < -0.39 is 90.1 Å². The smallest absolute Gasteiger partial charge is 0.418 e. The van der Waals surface area contributed by atoms with Gasteiger partial charge in [0.15, 0.2) is 17.7 Å². The summed E-state index contributed by atoms with van der Waals surface area (Å²) in [6, 6.07) is 154. The molecule has 0 heterocycles. The summed E-state index contributed by atoms with van der Waals surface area (Å²) in [4.78, 5) is 23.8. The van der Waals surface area contributed by atoms with Crippen LogP contribution in [-0.4, -0.2) is 36.8 Å². The third-order valence-corrected chi connectivity index (χ3v) is 40.9. The SMILES string of the molecule is F[B-](F)(F)F.[C-]#Cc1ccc(NC(=O)c2ccc(C(F)(F)F)cc2)cc1.[C-]#Cc1ccc(NC(=O)c2ccc(C(F)(F)F)cc2)cc1.[Cu+].[Cu+].[Cu+].c1ccc([PH+](C[PH+](c2ccccc2)c2ccccc2)c2ccccc2)cc1.c1ccc([PH+](C[PH+](c2ccccc2)c2ccccc2)c2ccccc2)cc1.c1ccc([PH+](C[PH+](c2ccccc2)c2ccccc2)c2ccccc2)cc1. The van der Waals surface area contributed by atoms with Crippen LogP contribution in [0.4, 0.5) is 55.0 Å². The molecule has 670 valence electrons. The number of hydrogen-bond acceptors (Lipinski definition) is 2. The number of rotatable bonds is 22. The molecule has 16 aromatic carbocycles. The molecule has 24 heteroatoms. The number of benzene rings is 16. The van der Waals surface area contributed by atoms with Crippen molar-refractivity contribution in [1.82, 2.24) is 0 Å². The van der Waals surface area contributed by atoms with E-state index >= 15 is 0 Å². The summed E-state index contributed by atoms with van der Waals surface area (Å²) in [6.07, 6.45) is 5.02. The van der Waals surface area contributed by atoms with E-state index in [1.807, 2.05) is 0 Å². The third-order valence-electron chi connectivity index (χ3n) is 20.1. The maximum Gasteiger partial charge on any atom is 1.00 e. The molecule has 16 aromatic rings. The van der Waals surface area contributed by atoms with E-state index in [4.69, 9.17) is 12.8 Å². The zero-order valence-electron chi connectivity index (χ0n) is 70.1. The van der Waals surface area contributed by atoms with E-state index in [1.54, 1.807) is 48.5 Å². The van der Waals surface area contributed by atoms with Crippen LogP contribution < -0.4 is 74.3 Å². The minimum absolute atomic E-state index is 0. The van der Waals surface area contributed by atoms with Crippen molar-refractivity contribution in [2.24, 2.45) is 0 Å². The van der Waals surface area contributed by atoms with Gasteiger partial charge in [-0.3, -0.25) is 21.4 Å². The monoisotopic (exact) mass is 2010 g/mol. The predicted molar refractivity (Wildman–Crippen MR) is 532 cm³/mol. The van der Waals surface area contributed by atoms with Gasteiger partial charge in [-0.05, 0) is 194 Å². The topological polar surface area (TPSA) is 58.2 Å². The van der Waals surface area contributed by atoms with Crippen LogP contribution in [0.1, 0.15) is 43.0 Å². The van der Waals surface area contributed by atoms with Gasteiger partial charge >= 0.3 is 70.8 Å².